The fourth-order valence-corrected chi connectivity index (χ4v) is 6.28. The van der Waals surface area contributed by atoms with Gasteiger partial charge in [-0.3, -0.25) is 14.5 Å². The third kappa shape index (κ3) is 4.19. The van der Waals surface area contributed by atoms with Crippen LogP contribution in [0.3, 0.4) is 0 Å². The number of halogens is 1. The van der Waals surface area contributed by atoms with Gasteiger partial charge < -0.3 is 9.84 Å². The number of carbonyl (C=O) groups is 2. The molecule has 5 rings (SSSR count). The maximum atomic E-state index is 13.8. The van der Waals surface area contributed by atoms with Crippen LogP contribution in [0.25, 0.3) is 10.2 Å². The first kappa shape index (κ1) is 24.2. The van der Waals surface area contributed by atoms with Crippen molar-refractivity contribution in [2.45, 2.75) is 19.9 Å². The van der Waals surface area contributed by atoms with Crippen LogP contribution in [0.15, 0.2) is 66.5 Å². The molecule has 4 aromatic rings. The summed E-state index contributed by atoms with van der Waals surface area (Å²) in [5, 5.41) is 12.6. The maximum Gasteiger partial charge on any atom is 0.296 e. The Kier molecular flexibility index (Phi) is 6.38. The molecule has 0 saturated carbocycles. The number of amides is 1. The minimum absolute atomic E-state index is 0.0232. The van der Waals surface area contributed by atoms with Crippen LogP contribution in [0.1, 0.15) is 32.0 Å². The number of anilines is 1. The summed E-state index contributed by atoms with van der Waals surface area (Å²) in [6.45, 7) is 7.50. The monoisotopic (exact) mass is 537 g/mol. The van der Waals surface area contributed by atoms with Gasteiger partial charge in [0.05, 0.1) is 37.4 Å². The minimum Gasteiger partial charge on any atom is -0.503 e. The van der Waals surface area contributed by atoms with Crippen LogP contribution in [0.2, 0.25) is 5.02 Å². The SMILES string of the molecule is C=CCOc1cccc(C2C(C(=O)c3sc(C)nc3C)=C(O)C(=O)N2c2nc3ccc(Cl)cc3s2)c1. The number of thiazole rings is 2. The molecule has 1 unspecified atom stereocenters. The zero-order valence-electron chi connectivity index (χ0n) is 19.3. The molecule has 0 bridgehead atoms. The molecule has 0 saturated heterocycles. The zero-order chi connectivity index (χ0) is 25.6. The average Bonchev–Trinajstić information content (AvgIpc) is 3.50. The van der Waals surface area contributed by atoms with Gasteiger partial charge in [-0.05, 0) is 49.7 Å². The molecule has 10 heteroatoms. The number of ether oxygens (including phenoxy) is 1. The molecular weight excluding hydrogens is 518 g/mol. The molecule has 0 radical (unpaired) electrons. The van der Waals surface area contributed by atoms with E-state index >= 15 is 0 Å². The predicted octanol–water partition coefficient (Wildman–Crippen LogP) is 6.37. The van der Waals surface area contributed by atoms with E-state index in [-0.39, 0.29) is 5.57 Å². The first-order chi connectivity index (χ1) is 17.3. The van der Waals surface area contributed by atoms with Crippen molar-refractivity contribution in [3.05, 3.63) is 92.6 Å². The number of rotatable bonds is 7. The van der Waals surface area contributed by atoms with Crippen molar-refractivity contribution in [2.75, 3.05) is 11.5 Å². The topological polar surface area (TPSA) is 92.6 Å². The molecule has 36 heavy (non-hydrogen) atoms. The Morgan fingerprint density at radius 1 is 1.22 bits per heavy atom. The molecule has 2 aromatic carbocycles. The van der Waals surface area contributed by atoms with Gasteiger partial charge in [-0.15, -0.1) is 11.3 Å². The molecule has 182 valence electrons. The van der Waals surface area contributed by atoms with Gasteiger partial charge in [0.2, 0.25) is 5.78 Å². The minimum atomic E-state index is -0.921. The normalized spacial score (nSPS) is 15.7. The highest BCUT2D eigenvalue weighted by atomic mass is 35.5. The van der Waals surface area contributed by atoms with Crippen LogP contribution in [0.4, 0.5) is 5.13 Å². The van der Waals surface area contributed by atoms with Crippen molar-refractivity contribution in [1.82, 2.24) is 9.97 Å². The van der Waals surface area contributed by atoms with Gasteiger partial charge in [-0.1, -0.05) is 47.7 Å². The predicted molar refractivity (Wildman–Crippen MR) is 143 cm³/mol. The molecule has 0 fully saturated rings. The molecule has 1 N–H and O–H groups in total. The molecule has 1 aliphatic rings. The Balaban J connectivity index is 1.68. The summed E-state index contributed by atoms with van der Waals surface area (Å²) in [7, 11) is 0. The highest BCUT2D eigenvalue weighted by molar-refractivity contribution is 7.22. The van der Waals surface area contributed by atoms with Gasteiger partial charge in [0, 0.05) is 5.02 Å². The van der Waals surface area contributed by atoms with Crippen molar-refractivity contribution >= 4 is 61.3 Å². The first-order valence-electron chi connectivity index (χ1n) is 10.9. The molecule has 7 nitrogen and oxygen atoms in total. The van der Waals surface area contributed by atoms with Gasteiger partial charge >= 0.3 is 0 Å². The van der Waals surface area contributed by atoms with Crippen LogP contribution in [0.5, 0.6) is 5.75 Å². The van der Waals surface area contributed by atoms with Gasteiger partial charge in [0.25, 0.3) is 5.91 Å². The molecule has 0 spiro atoms. The van der Waals surface area contributed by atoms with E-state index < -0.39 is 23.5 Å². The number of aryl methyl sites for hydroxylation is 2. The van der Waals surface area contributed by atoms with E-state index in [1.807, 2.05) is 0 Å². The van der Waals surface area contributed by atoms with E-state index in [1.165, 1.54) is 27.6 Å². The van der Waals surface area contributed by atoms with Crippen molar-refractivity contribution < 1.29 is 19.4 Å². The summed E-state index contributed by atoms with van der Waals surface area (Å²) >= 11 is 8.63. The highest BCUT2D eigenvalue weighted by Gasteiger charge is 2.46. The second-order valence-electron chi connectivity index (χ2n) is 8.10. The average molecular weight is 538 g/mol. The van der Waals surface area contributed by atoms with Gasteiger partial charge in [0.15, 0.2) is 10.9 Å². The number of nitrogens with zero attached hydrogens (tertiary/aromatic N) is 3. The largest absolute Gasteiger partial charge is 0.503 e. The van der Waals surface area contributed by atoms with Crippen LogP contribution >= 0.6 is 34.3 Å². The van der Waals surface area contributed by atoms with E-state index in [0.717, 1.165) is 9.71 Å². The lowest BCUT2D eigenvalue weighted by Gasteiger charge is -2.24. The van der Waals surface area contributed by atoms with E-state index in [2.05, 4.69) is 16.5 Å². The quantitative estimate of drug-likeness (QED) is 0.217. The molecule has 3 heterocycles. The number of benzene rings is 2. The molecule has 2 aromatic heterocycles. The van der Waals surface area contributed by atoms with E-state index in [1.54, 1.807) is 62.4 Å². The molecule has 1 amide bonds. The van der Waals surface area contributed by atoms with Gasteiger partial charge in [-0.25, -0.2) is 9.97 Å². The first-order valence-corrected chi connectivity index (χ1v) is 12.9. The Labute approximate surface area is 220 Å². The smallest absolute Gasteiger partial charge is 0.296 e. The third-order valence-corrected chi connectivity index (χ3v) is 7.97. The maximum absolute atomic E-state index is 13.8. The second-order valence-corrected chi connectivity index (χ2v) is 10.7. The number of carbonyl (C=O) groups excluding carboxylic acids is 2. The highest BCUT2D eigenvalue weighted by Crippen LogP contribution is 2.45. The molecular formula is C26H20ClN3O4S2. The van der Waals surface area contributed by atoms with Crippen molar-refractivity contribution in [3.8, 4) is 5.75 Å². The number of hydrogen-bond acceptors (Lipinski definition) is 8. The number of ketones is 1. The number of aliphatic hydroxyl groups is 1. The van der Waals surface area contributed by atoms with E-state index in [0.29, 0.717) is 44.2 Å². The van der Waals surface area contributed by atoms with Gasteiger partial charge in [0.1, 0.15) is 12.4 Å². The molecule has 0 aliphatic carbocycles. The van der Waals surface area contributed by atoms with Gasteiger partial charge in [-0.2, -0.15) is 0 Å². The Morgan fingerprint density at radius 2 is 2.03 bits per heavy atom. The van der Waals surface area contributed by atoms with E-state index in [4.69, 9.17) is 16.3 Å². The number of fused-ring (bicyclic) bond motifs is 1. The number of aromatic nitrogens is 2. The van der Waals surface area contributed by atoms with Crippen LogP contribution in [0, 0.1) is 13.8 Å². The summed E-state index contributed by atoms with van der Waals surface area (Å²) < 4.78 is 6.47. The lowest BCUT2D eigenvalue weighted by Crippen LogP contribution is -2.31. The number of hydrogen-bond donors (Lipinski definition) is 1. The summed E-state index contributed by atoms with van der Waals surface area (Å²) in [6.07, 6.45) is 1.62. The lowest BCUT2D eigenvalue weighted by atomic mass is 9.95. The zero-order valence-corrected chi connectivity index (χ0v) is 21.7. The summed E-state index contributed by atoms with van der Waals surface area (Å²) in [5.74, 6) is -1.22. The Hall–Kier alpha value is -3.53. The number of Topliss-reactive ketones (excluding diaryl/α,β-unsaturated/α-hetero) is 1. The standard InChI is InChI=1S/C26H20ClN3O4S2/c1-4-10-34-17-7-5-6-15(11-17)21-20(22(31)24-13(2)28-14(3)35-24)23(32)25(33)30(21)26-29-18-9-8-16(27)12-19(18)36-26/h4-9,11-12,21,32H,1,10H2,2-3H3. The van der Waals surface area contributed by atoms with Crippen LogP contribution < -0.4 is 9.64 Å². The fourth-order valence-electron chi connectivity index (χ4n) is 4.13. The third-order valence-electron chi connectivity index (χ3n) is 5.65. The summed E-state index contributed by atoms with van der Waals surface area (Å²) in [5.41, 5.74) is 1.77. The van der Waals surface area contributed by atoms with Crippen LogP contribution in [-0.2, 0) is 4.79 Å². The number of aliphatic hydroxyl groups excluding tert-OH is 1. The Morgan fingerprint density at radius 3 is 2.75 bits per heavy atom. The Bertz CT molecular complexity index is 1570. The van der Waals surface area contributed by atoms with Crippen molar-refractivity contribution in [3.63, 3.8) is 0 Å². The van der Waals surface area contributed by atoms with Crippen molar-refractivity contribution in [1.29, 1.82) is 0 Å². The van der Waals surface area contributed by atoms with Crippen molar-refractivity contribution in [2.24, 2.45) is 0 Å². The summed E-state index contributed by atoms with van der Waals surface area (Å²) in [6, 6.07) is 11.4. The second kappa shape index (κ2) is 9.50. The van der Waals surface area contributed by atoms with Crippen LogP contribution in [-0.4, -0.2) is 33.4 Å². The summed E-state index contributed by atoms with van der Waals surface area (Å²) in [4.78, 5) is 37.9. The fraction of sp³-hybridized carbons (Fsp3) is 0.154. The lowest BCUT2D eigenvalue weighted by molar-refractivity contribution is -0.117. The molecule has 1 aliphatic heterocycles. The molecule has 1 atom stereocenters. The van der Waals surface area contributed by atoms with E-state index in [9.17, 15) is 14.7 Å².